The van der Waals surface area contributed by atoms with Crippen molar-refractivity contribution in [3.8, 4) is 5.88 Å². The first-order valence-electron chi connectivity index (χ1n) is 8.26. The van der Waals surface area contributed by atoms with Crippen LogP contribution in [0.2, 0.25) is 0 Å². The molecule has 0 radical (unpaired) electrons. The first-order chi connectivity index (χ1) is 12.3. The minimum Gasteiger partial charge on any atom is -0.472 e. The zero-order valence-electron chi connectivity index (χ0n) is 14.4. The van der Waals surface area contributed by atoms with Gasteiger partial charge in [-0.15, -0.1) is 35.3 Å². The smallest absolute Gasteiger partial charge is 0.213 e. The maximum absolute atomic E-state index is 5.94. The molecule has 138 valence electrons. The van der Waals surface area contributed by atoms with Crippen LogP contribution in [0, 0.1) is 0 Å². The van der Waals surface area contributed by atoms with E-state index in [9.17, 15) is 0 Å². The molecule has 7 nitrogen and oxygen atoms in total. The van der Waals surface area contributed by atoms with Gasteiger partial charge < -0.3 is 15.0 Å². The average molecular weight is 484 g/mol. The average Bonchev–Trinajstić information content (AvgIpc) is 3.33. The van der Waals surface area contributed by atoms with Crippen LogP contribution in [0.3, 0.4) is 0 Å². The van der Waals surface area contributed by atoms with Crippen molar-refractivity contribution < 1.29 is 4.74 Å². The third-order valence-corrected chi connectivity index (χ3v) is 4.92. The third kappa shape index (κ3) is 4.26. The summed E-state index contributed by atoms with van der Waals surface area (Å²) >= 11 is 1.64. The molecule has 1 fully saturated rings. The number of ether oxygens (including phenoxy) is 1. The van der Waals surface area contributed by atoms with Crippen molar-refractivity contribution >= 4 is 46.2 Å². The normalized spacial score (nSPS) is 17.3. The van der Waals surface area contributed by atoms with E-state index in [4.69, 9.17) is 4.74 Å². The number of nitrogens with zero attached hydrogens (tertiary/aromatic N) is 5. The van der Waals surface area contributed by atoms with E-state index in [0.29, 0.717) is 12.4 Å². The molecule has 0 spiro atoms. The van der Waals surface area contributed by atoms with E-state index in [2.05, 4.69) is 25.2 Å². The summed E-state index contributed by atoms with van der Waals surface area (Å²) in [6.07, 6.45) is 6.90. The quantitative estimate of drug-likeness (QED) is 0.351. The Morgan fingerprint density at radius 2 is 2.38 bits per heavy atom. The van der Waals surface area contributed by atoms with Crippen molar-refractivity contribution in [3.63, 3.8) is 0 Å². The van der Waals surface area contributed by atoms with Gasteiger partial charge in [-0.1, -0.05) is 6.07 Å². The second kappa shape index (κ2) is 8.67. The highest BCUT2D eigenvalue weighted by Crippen LogP contribution is 2.16. The Morgan fingerprint density at radius 1 is 1.46 bits per heavy atom. The van der Waals surface area contributed by atoms with E-state index in [0.717, 1.165) is 36.1 Å². The number of thiazole rings is 1. The Labute approximate surface area is 173 Å². The maximum atomic E-state index is 5.94. The van der Waals surface area contributed by atoms with Gasteiger partial charge in [0.05, 0.1) is 18.8 Å². The Bertz CT molecular complexity index is 836. The lowest BCUT2D eigenvalue weighted by molar-refractivity contribution is 0.205. The largest absolute Gasteiger partial charge is 0.472 e. The van der Waals surface area contributed by atoms with E-state index < -0.39 is 0 Å². The summed E-state index contributed by atoms with van der Waals surface area (Å²) in [4.78, 5) is 16.4. The second-order valence-corrected chi connectivity index (χ2v) is 6.74. The molecular weight excluding hydrogens is 463 g/mol. The Balaban J connectivity index is 0.00000196. The van der Waals surface area contributed by atoms with Crippen LogP contribution in [-0.4, -0.2) is 51.5 Å². The number of hydrogen-bond donors (Lipinski definition) is 1. The van der Waals surface area contributed by atoms with E-state index in [1.54, 1.807) is 24.6 Å². The molecule has 0 aromatic carbocycles. The number of guanidine groups is 1. The fourth-order valence-corrected chi connectivity index (χ4v) is 3.69. The highest BCUT2D eigenvalue weighted by molar-refractivity contribution is 14.0. The number of rotatable bonds is 4. The van der Waals surface area contributed by atoms with Crippen LogP contribution in [-0.2, 0) is 6.54 Å². The lowest BCUT2D eigenvalue weighted by atomic mass is 10.3. The molecule has 4 rings (SSSR count). The Morgan fingerprint density at radius 3 is 3.15 bits per heavy atom. The number of hydrogen-bond acceptors (Lipinski definition) is 5. The zero-order valence-corrected chi connectivity index (χ0v) is 17.6. The van der Waals surface area contributed by atoms with Crippen molar-refractivity contribution in [1.82, 2.24) is 24.6 Å². The molecule has 1 atom stereocenters. The first kappa shape index (κ1) is 18.9. The molecule has 1 unspecified atom stereocenters. The number of halogens is 1. The summed E-state index contributed by atoms with van der Waals surface area (Å²) in [6.45, 7) is 2.37. The predicted molar refractivity (Wildman–Crippen MR) is 114 cm³/mol. The van der Waals surface area contributed by atoms with Crippen molar-refractivity contribution in [1.29, 1.82) is 0 Å². The standard InChI is InChI=1S/C17H20N6OS.HI/c1-18-16(20-10-13-11-23-8-9-25-17(23)21-13)22-7-5-14(12-22)24-15-4-2-3-6-19-15;/h2-4,6,8-9,11,14H,5,7,10,12H2,1H3,(H,18,20);1H. The fourth-order valence-electron chi connectivity index (χ4n) is 2.97. The van der Waals surface area contributed by atoms with Gasteiger partial charge in [-0.3, -0.25) is 9.39 Å². The van der Waals surface area contributed by atoms with Gasteiger partial charge in [0, 0.05) is 50.1 Å². The molecule has 0 saturated carbocycles. The van der Waals surface area contributed by atoms with Crippen LogP contribution in [0.5, 0.6) is 5.88 Å². The van der Waals surface area contributed by atoms with Crippen molar-refractivity contribution in [3.05, 3.63) is 47.9 Å². The monoisotopic (exact) mass is 484 g/mol. The predicted octanol–water partition coefficient (Wildman–Crippen LogP) is 2.64. The highest BCUT2D eigenvalue weighted by atomic mass is 127. The minimum absolute atomic E-state index is 0. The van der Waals surface area contributed by atoms with Crippen LogP contribution in [0.15, 0.2) is 47.2 Å². The van der Waals surface area contributed by atoms with Crippen LogP contribution in [0.25, 0.3) is 4.96 Å². The van der Waals surface area contributed by atoms with Crippen LogP contribution >= 0.6 is 35.3 Å². The molecule has 3 aromatic rings. The molecule has 1 N–H and O–H groups in total. The van der Waals surface area contributed by atoms with Crippen LogP contribution in [0.1, 0.15) is 12.1 Å². The topological polar surface area (TPSA) is 67.0 Å². The lowest BCUT2D eigenvalue weighted by Gasteiger charge is -2.21. The number of fused-ring (bicyclic) bond motifs is 1. The van der Waals surface area contributed by atoms with Gasteiger partial charge in [-0.2, -0.15) is 0 Å². The van der Waals surface area contributed by atoms with Gasteiger partial charge >= 0.3 is 0 Å². The van der Waals surface area contributed by atoms with Crippen molar-refractivity contribution in [2.45, 2.75) is 19.1 Å². The molecule has 0 bridgehead atoms. The highest BCUT2D eigenvalue weighted by Gasteiger charge is 2.26. The molecule has 9 heteroatoms. The lowest BCUT2D eigenvalue weighted by Crippen LogP contribution is -2.40. The number of nitrogens with one attached hydrogen (secondary N) is 1. The number of aromatic nitrogens is 3. The number of pyridine rings is 1. The second-order valence-electron chi connectivity index (χ2n) is 5.87. The summed E-state index contributed by atoms with van der Waals surface area (Å²) < 4.78 is 7.98. The van der Waals surface area contributed by atoms with E-state index in [-0.39, 0.29) is 30.1 Å². The molecule has 1 aliphatic heterocycles. The summed E-state index contributed by atoms with van der Waals surface area (Å²) in [6, 6.07) is 5.71. The molecular formula is C17H21IN6OS. The van der Waals surface area contributed by atoms with Gasteiger partial charge in [0.25, 0.3) is 0 Å². The van der Waals surface area contributed by atoms with E-state index in [1.807, 2.05) is 40.4 Å². The van der Waals surface area contributed by atoms with Gasteiger partial charge in [-0.25, -0.2) is 9.97 Å². The molecule has 0 aliphatic carbocycles. The fraction of sp³-hybridized carbons (Fsp3) is 0.353. The number of likely N-dealkylation sites (tertiary alicyclic amines) is 1. The van der Waals surface area contributed by atoms with E-state index >= 15 is 0 Å². The maximum Gasteiger partial charge on any atom is 0.213 e. The number of aliphatic imine (C=N–C) groups is 1. The molecule has 0 amide bonds. The zero-order chi connectivity index (χ0) is 17.1. The Kier molecular flexibility index (Phi) is 6.30. The summed E-state index contributed by atoms with van der Waals surface area (Å²) in [5, 5.41) is 5.43. The Hall–Kier alpha value is -1.88. The minimum atomic E-state index is 0. The summed E-state index contributed by atoms with van der Waals surface area (Å²) in [7, 11) is 1.81. The molecule has 26 heavy (non-hydrogen) atoms. The van der Waals surface area contributed by atoms with Crippen LogP contribution in [0.4, 0.5) is 0 Å². The van der Waals surface area contributed by atoms with Crippen LogP contribution < -0.4 is 10.1 Å². The number of imidazole rings is 1. The van der Waals surface area contributed by atoms with E-state index in [1.165, 1.54) is 0 Å². The van der Waals surface area contributed by atoms with Gasteiger partial charge in [0.2, 0.25) is 5.88 Å². The summed E-state index contributed by atoms with van der Waals surface area (Å²) in [5.41, 5.74) is 1.01. The van der Waals surface area contributed by atoms with Gasteiger partial charge in [0.1, 0.15) is 6.10 Å². The molecule has 1 aliphatic rings. The van der Waals surface area contributed by atoms with Crippen molar-refractivity contribution in [2.75, 3.05) is 20.1 Å². The third-order valence-electron chi connectivity index (χ3n) is 4.15. The van der Waals surface area contributed by atoms with Crippen molar-refractivity contribution in [2.24, 2.45) is 4.99 Å². The molecule has 1 saturated heterocycles. The van der Waals surface area contributed by atoms with Gasteiger partial charge in [-0.05, 0) is 6.07 Å². The first-order valence-corrected chi connectivity index (χ1v) is 9.14. The van der Waals surface area contributed by atoms with Gasteiger partial charge in [0.15, 0.2) is 10.9 Å². The molecule has 4 heterocycles. The SMILES string of the molecule is CN=C(NCc1cn2ccsc2n1)N1CCC(Oc2ccccn2)C1.I. The summed E-state index contributed by atoms with van der Waals surface area (Å²) in [5.74, 6) is 1.55. The molecule has 3 aromatic heterocycles.